The number of hydrogen-bond donors (Lipinski definition) is 1. The number of alkyl halides is 3. The molecule has 1 aromatic rings. The van der Waals surface area contributed by atoms with Crippen molar-refractivity contribution < 1.29 is 17.9 Å². The number of nitrogens with one attached hydrogen (secondary N) is 1. The van der Waals surface area contributed by atoms with Crippen molar-refractivity contribution in [2.24, 2.45) is 0 Å². The van der Waals surface area contributed by atoms with Crippen molar-refractivity contribution in [1.82, 2.24) is 15.1 Å². The Balaban J connectivity index is 2.56. The minimum Gasteiger partial charge on any atom is -0.372 e. The number of halogens is 3. The van der Waals surface area contributed by atoms with Crippen LogP contribution in [-0.2, 0) is 11.3 Å². The van der Waals surface area contributed by atoms with Crippen LogP contribution in [0.3, 0.4) is 0 Å². The zero-order valence-electron chi connectivity index (χ0n) is 12.6. The van der Waals surface area contributed by atoms with Crippen LogP contribution in [0.15, 0.2) is 12.3 Å². The molecule has 0 aliphatic carbocycles. The normalized spacial score (nSPS) is 13.6. The fraction of sp³-hybridized carbons (Fsp3) is 0.786. The summed E-state index contributed by atoms with van der Waals surface area (Å²) in [5.41, 5.74) is 1.00. The summed E-state index contributed by atoms with van der Waals surface area (Å²) < 4.78 is 42.8. The lowest BCUT2D eigenvalue weighted by molar-refractivity contribution is -0.174. The van der Waals surface area contributed by atoms with Crippen molar-refractivity contribution in [3.63, 3.8) is 0 Å². The molecule has 122 valence electrons. The van der Waals surface area contributed by atoms with Gasteiger partial charge in [-0.25, -0.2) is 0 Å². The summed E-state index contributed by atoms with van der Waals surface area (Å²) in [5.74, 6) is 0. The van der Waals surface area contributed by atoms with Gasteiger partial charge in [-0.3, -0.25) is 4.68 Å². The average Bonchev–Trinajstić information content (AvgIpc) is 2.85. The minimum atomic E-state index is -4.27. The molecule has 1 heterocycles. The van der Waals surface area contributed by atoms with Gasteiger partial charge in [-0.05, 0) is 31.9 Å². The van der Waals surface area contributed by atoms with Gasteiger partial charge in [-0.15, -0.1) is 0 Å². The van der Waals surface area contributed by atoms with E-state index < -0.39 is 12.8 Å². The number of rotatable bonds is 10. The molecule has 1 aromatic heterocycles. The van der Waals surface area contributed by atoms with Crippen molar-refractivity contribution in [3.8, 4) is 0 Å². The van der Waals surface area contributed by atoms with Crippen LogP contribution in [0.4, 0.5) is 13.2 Å². The largest absolute Gasteiger partial charge is 0.411 e. The molecule has 0 radical (unpaired) electrons. The van der Waals surface area contributed by atoms with E-state index in [-0.39, 0.29) is 12.6 Å². The number of aryl methyl sites for hydroxylation is 1. The van der Waals surface area contributed by atoms with Gasteiger partial charge < -0.3 is 10.1 Å². The summed E-state index contributed by atoms with van der Waals surface area (Å²) >= 11 is 0. The highest BCUT2D eigenvalue weighted by molar-refractivity contribution is 5.07. The molecule has 0 saturated carbocycles. The van der Waals surface area contributed by atoms with E-state index in [0.717, 1.165) is 31.6 Å². The Labute approximate surface area is 123 Å². The monoisotopic (exact) mass is 307 g/mol. The van der Waals surface area contributed by atoms with Crippen molar-refractivity contribution >= 4 is 0 Å². The van der Waals surface area contributed by atoms with E-state index >= 15 is 0 Å². The molecule has 1 atom stereocenters. The fourth-order valence-corrected chi connectivity index (χ4v) is 2.10. The van der Waals surface area contributed by atoms with Gasteiger partial charge in [-0.2, -0.15) is 18.3 Å². The lowest BCUT2D eigenvalue weighted by atomic mass is 10.1. The summed E-state index contributed by atoms with van der Waals surface area (Å²) in [6, 6.07) is 1.87. The number of nitrogens with zero attached hydrogens (tertiary/aromatic N) is 2. The SMILES string of the molecule is CCCNC(CCOCC(F)(F)F)c1ccnn1CCC. The number of ether oxygens (including phenoxy) is 1. The number of hydrogen-bond acceptors (Lipinski definition) is 3. The molecule has 0 fully saturated rings. The predicted octanol–water partition coefficient (Wildman–Crippen LogP) is 3.30. The van der Waals surface area contributed by atoms with Crippen LogP contribution in [0.5, 0.6) is 0 Å². The Hall–Kier alpha value is -1.08. The summed E-state index contributed by atoms with van der Waals surface area (Å²) in [6.45, 7) is 4.59. The van der Waals surface area contributed by atoms with E-state index in [4.69, 9.17) is 4.74 Å². The fourth-order valence-electron chi connectivity index (χ4n) is 2.10. The molecular formula is C14H24F3N3O. The van der Waals surface area contributed by atoms with Gasteiger partial charge in [0.15, 0.2) is 0 Å². The molecule has 0 aromatic carbocycles. The number of aromatic nitrogens is 2. The lowest BCUT2D eigenvalue weighted by Crippen LogP contribution is -2.27. The maximum absolute atomic E-state index is 12.1. The van der Waals surface area contributed by atoms with Crippen LogP contribution in [-0.4, -0.2) is 35.7 Å². The highest BCUT2D eigenvalue weighted by Crippen LogP contribution is 2.19. The van der Waals surface area contributed by atoms with E-state index in [0.29, 0.717) is 6.42 Å². The topological polar surface area (TPSA) is 39.1 Å². The molecular weight excluding hydrogens is 283 g/mol. The Kier molecular flexibility index (Phi) is 7.74. The molecule has 0 saturated heterocycles. The molecule has 0 spiro atoms. The van der Waals surface area contributed by atoms with E-state index in [2.05, 4.69) is 17.3 Å². The Morgan fingerprint density at radius 1 is 1.33 bits per heavy atom. The van der Waals surface area contributed by atoms with Crippen LogP contribution in [0.1, 0.15) is 44.8 Å². The van der Waals surface area contributed by atoms with Crippen LogP contribution in [0.2, 0.25) is 0 Å². The first kappa shape index (κ1) is 18.0. The Morgan fingerprint density at radius 3 is 2.71 bits per heavy atom. The molecule has 1 unspecified atom stereocenters. The van der Waals surface area contributed by atoms with Crippen LogP contribution in [0, 0.1) is 0 Å². The second-order valence-corrected chi connectivity index (χ2v) is 4.94. The van der Waals surface area contributed by atoms with Gasteiger partial charge in [-0.1, -0.05) is 13.8 Å². The first-order valence-electron chi connectivity index (χ1n) is 7.37. The maximum Gasteiger partial charge on any atom is 0.411 e. The molecule has 4 nitrogen and oxygen atoms in total. The Morgan fingerprint density at radius 2 is 2.10 bits per heavy atom. The predicted molar refractivity (Wildman–Crippen MR) is 75.0 cm³/mol. The van der Waals surface area contributed by atoms with Crippen LogP contribution < -0.4 is 5.32 Å². The van der Waals surface area contributed by atoms with Gasteiger partial charge >= 0.3 is 6.18 Å². The highest BCUT2D eigenvalue weighted by atomic mass is 19.4. The summed E-state index contributed by atoms with van der Waals surface area (Å²) in [4.78, 5) is 0. The van der Waals surface area contributed by atoms with Gasteiger partial charge in [0.25, 0.3) is 0 Å². The zero-order chi connectivity index (χ0) is 15.7. The van der Waals surface area contributed by atoms with E-state index in [9.17, 15) is 13.2 Å². The average molecular weight is 307 g/mol. The zero-order valence-corrected chi connectivity index (χ0v) is 12.6. The molecule has 0 aliphatic heterocycles. The van der Waals surface area contributed by atoms with Crippen molar-refractivity contribution in [1.29, 1.82) is 0 Å². The van der Waals surface area contributed by atoms with Crippen molar-refractivity contribution in [2.45, 2.75) is 51.9 Å². The third kappa shape index (κ3) is 6.95. The third-order valence-corrected chi connectivity index (χ3v) is 3.00. The summed E-state index contributed by atoms with van der Waals surface area (Å²) in [5, 5.41) is 7.60. The molecule has 0 aliphatic rings. The molecule has 0 amide bonds. The van der Waals surface area contributed by atoms with Gasteiger partial charge in [0, 0.05) is 19.3 Å². The molecule has 0 bridgehead atoms. The second-order valence-electron chi connectivity index (χ2n) is 4.94. The smallest absolute Gasteiger partial charge is 0.372 e. The van der Waals surface area contributed by atoms with Crippen molar-refractivity contribution in [3.05, 3.63) is 18.0 Å². The second kappa shape index (κ2) is 9.04. The van der Waals surface area contributed by atoms with Crippen LogP contribution >= 0.6 is 0 Å². The van der Waals surface area contributed by atoms with Gasteiger partial charge in [0.05, 0.1) is 11.7 Å². The lowest BCUT2D eigenvalue weighted by Gasteiger charge is -2.20. The van der Waals surface area contributed by atoms with E-state index in [1.807, 2.05) is 17.7 Å². The molecule has 7 heteroatoms. The molecule has 21 heavy (non-hydrogen) atoms. The standard InChI is InChI=1S/C14H24F3N3O/c1-3-7-18-12(6-10-21-11-14(15,16)17)13-5-8-19-20(13)9-4-2/h5,8,12,18H,3-4,6-7,9-11H2,1-2H3. The van der Waals surface area contributed by atoms with Gasteiger partial charge in [0.2, 0.25) is 0 Å². The summed E-state index contributed by atoms with van der Waals surface area (Å²) in [6.07, 6.45) is -0.133. The van der Waals surface area contributed by atoms with E-state index in [1.165, 1.54) is 0 Å². The molecule has 1 N–H and O–H groups in total. The quantitative estimate of drug-likeness (QED) is 0.674. The highest BCUT2D eigenvalue weighted by Gasteiger charge is 2.27. The molecule has 1 rings (SSSR count). The van der Waals surface area contributed by atoms with Crippen molar-refractivity contribution in [2.75, 3.05) is 19.8 Å². The Bertz CT molecular complexity index is 393. The third-order valence-electron chi connectivity index (χ3n) is 3.00. The van der Waals surface area contributed by atoms with Gasteiger partial charge in [0.1, 0.15) is 6.61 Å². The van der Waals surface area contributed by atoms with E-state index in [1.54, 1.807) is 6.20 Å². The van der Waals surface area contributed by atoms with Crippen LogP contribution in [0.25, 0.3) is 0 Å². The summed E-state index contributed by atoms with van der Waals surface area (Å²) in [7, 11) is 0. The minimum absolute atomic E-state index is 0.0350. The maximum atomic E-state index is 12.1. The first-order valence-corrected chi connectivity index (χ1v) is 7.37. The first-order chi connectivity index (χ1) is 9.98.